The highest BCUT2D eigenvalue weighted by Crippen LogP contribution is 2.27. The molecule has 1 aromatic carbocycles. The number of hydrogen-bond donors (Lipinski definition) is 2. The smallest absolute Gasteiger partial charge is 0.413 e. The zero-order valence-corrected chi connectivity index (χ0v) is 15.5. The number of anilines is 2. The lowest BCUT2D eigenvalue weighted by Gasteiger charge is -2.19. The predicted molar refractivity (Wildman–Crippen MR) is 98.3 cm³/mol. The van der Waals surface area contributed by atoms with Crippen LogP contribution in [0.15, 0.2) is 28.9 Å². The third kappa shape index (κ3) is 4.61. The van der Waals surface area contributed by atoms with Gasteiger partial charge in [0.05, 0.1) is 11.9 Å². The van der Waals surface area contributed by atoms with E-state index in [-0.39, 0.29) is 0 Å². The van der Waals surface area contributed by atoms with E-state index in [1.54, 1.807) is 33.0 Å². The summed E-state index contributed by atoms with van der Waals surface area (Å²) < 4.78 is 11.0. The first kappa shape index (κ1) is 17.5. The number of carbonyl (C=O) groups is 1. The Hall–Kier alpha value is -2.32. The Morgan fingerprint density at radius 3 is 2.88 bits per heavy atom. The zero-order chi connectivity index (χ0) is 18.0. The van der Waals surface area contributed by atoms with Crippen molar-refractivity contribution in [2.24, 2.45) is 0 Å². The van der Waals surface area contributed by atoms with Gasteiger partial charge in [0.25, 0.3) is 0 Å². The van der Waals surface area contributed by atoms with Gasteiger partial charge in [-0.2, -0.15) is 0 Å². The normalized spacial score (nSPS) is 11.5. The standard InChI is InChI=1S/C16H17ClN4O3S/c1-16(2,3)23-15(22)20-13-11-6-9(4-5-12(11)24-21-13)18-7-10-8-19-14(17)25-10/h4-6,8,18H,7H2,1-3H3,(H,20,21,22). The van der Waals surface area contributed by atoms with Crippen molar-refractivity contribution >= 4 is 51.5 Å². The van der Waals surface area contributed by atoms with Gasteiger partial charge in [0.2, 0.25) is 0 Å². The highest BCUT2D eigenvalue weighted by atomic mass is 35.5. The van der Waals surface area contributed by atoms with E-state index in [9.17, 15) is 4.79 Å². The summed E-state index contributed by atoms with van der Waals surface area (Å²) in [6.07, 6.45) is 1.15. The molecule has 9 heteroatoms. The molecule has 0 spiro atoms. The number of benzene rings is 1. The number of rotatable bonds is 4. The molecule has 1 amide bonds. The monoisotopic (exact) mass is 380 g/mol. The highest BCUT2D eigenvalue weighted by molar-refractivity contribution is 7.15. The van der Waals surface area contributed by atoms with Crippen LogP contribution in [0.4, 0.5) is 16.3 Å². The Bertz CT molecular complexity index is 900. The lowest BCUT2D eigenvalue weighted by atomic mass is 10.2. The van der Waals surface area contributed by atoms with Crippen molar-refractivity contribution in [2.75, 3.05) is 10.6 Å². The van der Waals surface area contributed by atoms with Crippen LogP contribution >= 0.6 is 22.9 Å². The average molecular weight is 381 g/mol. The number of fused-ring (bicyclic) bond motifs is 1. The maximum atomic E-state index is 11.9. The molecule has 25 heavy (non-hydrogen) atoms. The quantitative estimate of drug-likeness (QED) is 0.669. The number of nitrogens with zero attached hydrogens (tertiary/aromatic N) is 2. The van der Waals surface area contributed by atoms with Gasteiger partial charge in [0, 0.05) is 16.8 Å². The summed E-state index contributed by atoms with van der Waals surface area (Å²) in [6.45, 7) is 5.97. The summed E-state index contributed by atoms with van der Waals surface area (Å²) in [6, 6.07) is 5.50. The first-order valence-corrected chi connectivity index (χ1v) is 8.73. The minimum absolute atomic E-state index is 0.314. The summed E-state index contributed by atoms with van der Waals surface area (Å²) in [4.78, 5) is 16.9. The molecule has 0 atom stereocenters. The molecule has 2 heterocycles. The number of carbonyl (C=O) groups excluding carboxylic acids is 1. The molecule has 0 unspecified atom stereocenters. The summed E-state index contributed by atoms with van der Waals surface area (Å²) in [5.41, 5.74) is 0.830. The van der Waals surface area contributed by atoms with Crippen LogP contribution in [0, 0.1) is 0 Å². The second-order valence-corrected chi connectivity index (χ2v) is 8.00. The minimum Gasteiger partial charge on any atom is -0.444 e. The van der Waals surface area contributed by atoms with Crippen molar-refractivity contribution in [3.8, 4) is 0 Å². The SMILES string of the molecule is CC(C)(C)OC(=O)Nc1noc2ccc(NCc3cnc(Cl)s3)cc12. The molecule has 0 bridgehead atoms. The van der Waals surface area contributed by atoms with E-state index in [0.717, 1.165) is 10.6 Å². The van der Waals surface area contributed by atoms with Crippen molar-refractivity contribution in [1.82, 2.24) is 10.1 Å². The lowest BCUT2D eigenvalue weighted by molar-refractivity contribution is 0.0635. The van der Waals surface area contributed by atoms with Crippen LogP contribution in [0.2, 0.25) is 4.47 Å². The maximum Gasteiger partial charge on any atom is 0.413 e. The molecule has 2 N–H and O–H groups in total. The molecular formula is C16H17ClN4O3S. The fraction of sp³-hybridized carbons (Fsp3) is 0.312. The molecule has 0 fully saturated rings. The first-order valence-electron chi connectivity index (χ1n) is 7.54. The first-order chi connectivity index (χ1) is 11.8. The van der Waals surface area contributed by atoms with Gasteiger partial charge in [-0.25, -0.2) is 9.78 Å². The van der Waals surface area contributed by atoms with Crippen molar-refractivity contribution in [3.63, 3.8) is 0 Å². The molecule has 0 aliphatic carbocycles. The molecule has 3 aromatic rings. The van der Waals surface area contributed by atoms with E-state index in [2.05, 4.69) is 20.8 Å². The van der Waals surface area contributed by atoms with Gasteiger partial charge in [0.1, 0.15) is 5.60 Å². The van der Waals surface area contributed by atoms with Gasteiger partial charge in [-0.15, -0.1) is 11.3 Å². The van der Waals surface area contributed by atoms with Gasteiger partial charge in [-0.3, -0.25) is 5.32 Å². The summed E-state index contributed by atoms with van der Waals surface area (Å²) >= 11 is 7.24. The van der Waals surface area contributed by atoms with E-state index in [4.69, 9.17) is 20.9 Å². The fourth-order valence-corrected chi connectivity index (χ4v) is 3.01. The third-order valence-electron chi connectivity index (χ3n) is 3.08. The van der Waals surface area contributed by atoms with E-state index >= 15 is 0 Å². The van der Waals surface area contributed by atoms with Crippen molar-refractivity contribution in [2.45, 2.75) is 32.9 Å². The summed E-state index contributed by atoms with van der Waals surface area (Å²) in [7, 11) is 0. The van der Waals surface area contributed by atoms with Crippen LogP contribution in [0.3, 0.4) is 0 Å². The molecule has 0 aliphatic heterocycles. The molecule has 0 saturated heterocycles. The molecule has 0 saturated carbocycles. The predicted octanol–water partition coefficient (Wildman–Crippen LogP) is 4.90. The van der Waals surface area contributed by atoms with Crippen LogP contribution < -0.4 is 10.6 Å². The third-order valence-corrected chi connectivity index (χ3v) is 4.20. The van der Waals surface area contributed by atoms with Crippen molar-refractivity contribution in [3.05, 3.63) is 33.7 Å². The summed E-state index contributed by atoms with van der Waals surface area (Å²) in [5, 5.41) is 10.4. The zero-order valence-electron chi connectivity index (χ0n) is 13.9. The maximum absolute atomic E-state index is 11.9. The number of aromatic nitrogens is 2. The molecule has 2 aromatic heterocycles. The number of halogens is 1. The van der Waals surface area contributed by atoms with Crippen LogP contribution in [-0.4, -0.2) is 21.8 Å². The van der Waals surface area contributed by atoms with E-state index in [1.807, 2.05) is 12.1 Å². The minimum atomic E-state index is -0.591. The van der Waals surface area contributed by atoms with Crippen molar-refractivity contribution in [1.29, 1.82) is 0 Å². The van der Waals surface area contributed by atoms with Crippen LogP contribution in [0.1, 0.15) is 25.6 Å². The van der Waals surface area contributed by atoms with Gasteiger partial charge in [0.15, 0.2) is 15.9 Å². The van der Waals surface area contributed by atoms with E-state index < -0.39 is 11.7 Å². The fourth-order valence-electron chi connectivity index (χ4n) is 2.09. The number of amides is 1. The Morgan fingerprint density at radius 2 is 2.20 bits per heavy atom. The second-order valence-electron chi connectivity index (χ2n) is 6.30. The summed E-state index contributed by atoms with van der Waals surface area (Å²) in [5.74, 6) is 0.314. The van der Waals surface area contributed by atoms with Gasteiger partial charge in [-0.1, -0.05) is 16.8 Å². The van der Waals surface area contributed by atoms with Crippen LogP contribution in [-0.2, 0) is 11.3 Å². The Labute approximate surface area is 153 Å². The molecule has 0 radical (unpaired) electrons. The van der Waals surface area contributed by atoms with Gasteiger partial charge >= 0.3 is 6.09 Å². The van der Waals surface area contributed by atoms with Crippen LogP contribution in [0.5, 0.6) is 0 Å². The van der Waals surface area contributed by atoms with E-state index in [0.29, 0.717) is 27.8 Å². The molecule has 7 nitrogen and oxygen atoms in total. The highest BCUT2D eigenvalue weighted by Gasteiger charge is 2.19. The molecule has 132 valence electrons. The van der Waals surface area contributed by atoms with E-state index in [1.165, 1.54) is 11.3 Å². The second kappa shape index (κ2) is 6.89. The van der Waals surface area contributed by atoms with Crippen LogP contribution in [0.25, 0.3) is 11.0 Å². The van der Waals surface area contributed by atoms with Gasteiger partial charge in [-0.05, 0) is 39.0 Å². The molecular weight excluding hydrogens is 364 g/mol. The van der Waals surface area contributed by atoms with Crippen molar-refractivity contribution < 1.29 is 14.1 Å². The molecule has 0 aliphatic rings. The average Bonchev–Trinajstić information content (AvgIpc) is 3.10. The lowest BCUT2D eigenvalue weighted by Crippen LogP contribution is -2.27. The Kier molecular flexibility index (Phi) is 4.82. The Morgan fingerprint density at radius 1 is 1.40 bits per heavy atom. The number of thiazole rings is 1. The largest absolute Gasteiger partial charge is 0.444 e. The topological polar surface area (TPSA) is 89.3 Å². The van der Waals surface area contributed by atoms with Gasteiger partial charge < -0.3 is 14.6 Å². The Balaban J connectivity index is 1.73. The molecule has 3 rings (SSSR count). The number of nitrogens with one attached hydrogen (secondary N) is 2. The number of ether oxygens (including phenoxy) is 1. The number of hydrogen-bond acceptors (Lipinski definition) is 7.